The first-order chi connectivity index (χ1) is 12.5. The Morgan fingerprint density at radius 3 is 2.54 bits per heavy atom. The second-order valence-electron chi connectivity index (χ2n) is 6.78. The van der Waals surface area contributed by atoms with Crippen molar-refractivity contribution >= 4 is 23.3 Å². The van der Waals surface area contributed by atoms with E-state index in [1.807, 2.05) is 4.90 Å². The molecule has 26 heavy (non-hydrogen) atoms. The molecule has 2 aliphatic rings. The maximum absolute atomic E-state index is 12.5. The maximum Gasteiger partial charge on any atom is 0.341 e. The van der Waals surface area contributed by atoms with Crippen molar-refractivity contribution in [1.29, 1.82) is 0 Å². The van der Waals surface area contributed by atoms with Gasteiger partial charge in [0.05, 0.1) is 16.2 Å². The summed E-state index contributed by atoms with van der Waals surface area (Å²) in [6, 6.07) is 4.35. The van der Waals surface area contributed by atoms with Gasteiger partial charge in [-0.3, -0.25) is 14.9 Å². The average Bonchev–Trinajstić information content (AvgIpc) is 3.33. The number of nitro benzene ring substituents is 1. The molecule has 1 aromatic carbocycles. The third kappa shape index (κ3) is 4.30. The van der Waals surface area contributed by atoms with Gasteiger partial charge < -0.3 is 15.0 Å². The first-order valence-electron chi connectivity index (χ1n) is 9.04. The number of esters is 1. The Kier molecular flexibility index (Phi) is 5.70. The van der Waals surface area contributed by atoms with Crippen LogP contribution in [0.3, 0.4) is 0 Å². The SMILES string of the molecule is O=C(COC(=O)c1cc([N+](=O)[O-])ccc1N1CCCC1)NC1CCCC1. The number of carbonyl (C=O) groups excluding carboxylic acids is 2. The van der Waals surface area contributed by atoms with Crippen LogP contribution >= 0.6 is 0 Å². The van der Waals surface area contributed by atoms with Crippen LogP contribution in [0.4, 0.5) is 11.4 Å². The van der Waals surface area contributed by atoms with Crippen LogP contribution in [0, 0.1) is 10.1 Å². The molecule has 8 nitrogen and oxygen atoms in total. The van der Waals surface area contributed by atoms with Gasteiger partial charge in [0.1, 0.15) is 0 Å². The lowest BCUT2D eigenvalue weighted by atomic mass is 10.1. The zero-order chi connectivity index (χ0) is 18.5. The summed E-state index contributed by atoms with van der Waals surface area (Å²) < 4.78 is 5.13. The van der Waals surface area contributed by atoms with Crippen LogP contribution in [0.5, 0.6) is 0 Å². The van der Waals surface area contributed by atoms with Gasteiger partial charge in [-0.05, 0) is 31.7 Å². The number of carbonyl (C=O) groups is 2. The van der Waals surface area contributed by atoms with Crippen LogP contribution in [0.15, 0.2) is 18.2 Å². The van der Waals surface area contributed by atoms with Gasteiger partial charge in [0.15, 0.2) is 6.61 Å². The molecule has 8 heteroatoms. The van der Waals surface area contributed by atoms with E-state index >= 15 is 0 Å². The summed E-state index contributed by atoms with van der Waals surface area (Å²) in [6.07, 6.45) is 6.10. The minimum atomic E-state index is -0.711. The van der Waals surface area contributed by atoms with Crippen molar-refractivity contribution in [1.82, 2.24) is 5.32 Å². The van der Waals surface area contributed by atoms with Gasteiger partial charge in [0.25, 0.3) is 11.6 Å². The predicted molar refractivity (Wildman–Crippen MR) is 95.2 cm³/mol. The second-order valence-corrected chi connectivity index (χ2v) is 6.78. The van der Waals surface area contributed by atoms with Crippen molar-refractivity contribution in [2.75, 3.05) is 24.6 Å². The van der Waals surface area contributed by atoms with Crippen molar-refractivity contribution in [2.45, 2.75) is 44.6 Å². The van der Waals surface area contributed by atoms with Gasteiger partial charge in [-0.25, -0.2) is 4.79 Å². The molecule has 2 fully saturated rings. The Morgan fingerprint density at radius 2 is 1.88 bits per heavy atom. The number of non-ortho nitro benzene ring substituents is 1. The number of hydrogen-bond acceptors (Lipinski definition) is 6. The molecular formula is C18H23N3O5. The Morgan fingerprint density at radius 1 is 1.19 bits per heavy atom. The maximum atomic E-state index is 12.5. The second kappa shape index (κ2) is 8.16. The molecule has 0 atom stereocenters. The highest BCUT2D eigenvalue weighted by molar-refractivity contribution is 5.97. The van der Waals surface area contributed by atoms with E-state index < -0.39 is 10.9 Å². The van der Waals surface area contributed by atoms with E-state index in [1.165, 1.54) is 12.1 Å². The lowest BCUT2D eigenvalue weighted by molar-refractivity contribution is -0.384. The zero-order valence-electron chi connectivity index (χ0n) is 14.6. The summed E-state index contributed by atoms with van der Waals surface area (Å²) in [6.45, 7) is 1.21. The zero-order valence-corrected chi connectivity index (χ0v) is 14.6. The third-order valence-electron chi connectivity index (χ3n) is 4.91. The molecular weight excluding hydrogens is 338 g/mol. The molecule has 3 rings (SSSR count). The quantitative estimate of drug-likeness (QED) is 0.474. The molecule has 1 aliphatic heterocycles. The number of rotatable bonds is 6. The van der Waals surface area contributed by atoms with Crippen molar-refractivity contribution in [3.05, 3.63) is 33.9 Å². The molecule has 1 saturated carbocycles. The number of benzene rings is 1. The Bertz CT molecular complexity index is 694. The number of nitrogens with one attached hydrogen (secondary N) is 1. The molecule has 1 amide bonds. The highest BCUT2D eigenvalue weighted by atomic mass is 16.6. The molecule has 1 saturated heterocycles. The van der Waals surface area contributed by atoms with Crippen LogP contribution in [0.1, 0.15) is 48.9 Å². The van der Waals surface area contributed by atoms with Gasteiger partial charge in [0.2, 0.25) is 0 Å². The lowest BCUT2D eigenvalue weighted by Gasteiger charge is -2.20. The average molecular weight is 361 g/mol. The van der Waals surface area contributed by atoms with E-state index in [2.05, 4.69) is 5.32 Å². The van der Waals surface area contributed by atoms with Crippen molar-refractivity contribution in [3.8, 4) is 0 Å². The molecule has 1 aromatic rings. The molecule has 140 valence electrons. The summed E-state index contributed by atoms with van der Waals surface area (Å²) in [5.74, 6) is -1.05. The van der Waals surface area contributed by atoms with Crippen LogP contribution < -0.4 is 10.2 Å². The Labute approximate surface area is 151 Å². The van der Waals surface area contributed by atoms with E-state index in [1.54, 1.807) is 6.07 Å². The first kappa shape index (κ1) is 18.2. The summed E-state index contributed by atoms with van der Waals surface area (Å²) in [5, 5.41) is 13.9. The van der Waals surface area contributed by atoms with Crippen LogP contribution in [0.25, 0.3) is 0 Å². The summed E-state index contributed by atoms with van der Waals surface area (Å²) in [7, 11) is 0. The highest BCUT2D eigenvalue weighted by Crippen LogP contribution is 2.29. The van der Waals surface area contributed by atoms with Gasteiger partial charge in [-0.2, -0.15) is 0 Å². The smallest absolute Gasteiger partial charge is 0.341 e. The number of ether oxygens (including phenoxy) is 1. The largest absolute Gasteiger partial charge is 0.452 e. The van der Waals surface area contributed by atoms with Gasteiger partial charge >= 0.3 is 5.97 Å². The Hall–Kier alpha value is -2.64. The lowest BCUT2D eigenvalue weighted by Crippen LogP contribution is -2.36. The van der Waals surface area contributed by atoms with Gasteiger partial charge in [0, 0.05) is 31.3 Å². The van der Waals surface area contributed by atoms with Gasteiger partial charge in [-0.15, -0.1) is 0 Å². The number of anilines is 1. The minimum absolute atomic E-state index is 0.134. The predicted octanol–water partition coefficient (Wildman–Crippen LogP) is 2.41. The normalized spacial score (nSPS) is 17.3. The minimum Gasteiger partial charge on any atom is -0.452 e. The van der Waals surface area contributed by atoms with E-state index in [9.17, 15) is 19.7 Å². The molecule has 0 spiro atoms. The van der Waals surface area contributed by atoms with Crippen LogP contribution in [-0.2, 0) is 9.53 Å². The molecule has 0 aromatic heterocycles. The molecule has 1 heterocycles. The van der Waals surface area contributed by atoms with Crippen molar-refractivity contribution in [3.63, 3.8) is 0 Å². The van der Waals surface area contributed by atoms with E-state index in [0.717, 1.165) is 51.6 Å². The fraction of sp³-hybridized carbons (Fsp3) is 0.556. The van der Waals surface area contributed by atoms with Gasteiger partial charge in [-0.1, -0.05) is 12.8 Å². The fourth-order valence-corrected chi connectivity index (χ4v) is 3.58. The monoisotopic (exact) mass is 361 g/mol. The third-order valence-corrected chi connectivity index (χ3v) is 4.91. The number of hydrogen-bond donors (Lipinski definition) is 1. The van der Waals surface area contributed by atoms with E-state index in [0.29, 0.717) is 5.69 Å². The van der Waals surface area contributed by atoms with E-state index in [-0.39, 0.29) is 29.8 Å². The summed E-state index contributed by atoms with van der Waals surface area (Å²) in [4.78, 5) is 36.9. The number of nitrogens with zero attached hydrogens (tertiary/aromatic N) is 2. The fourth-order valence-electron chi connectivity index (χ4n) is 3.58. The van der Waals surface area contributed by atoms with E-state index in [4.69, 9.17) is 4.74 Å². The Balaban J connectivity index is 1.68. The molecule has 0 radical (unpaired) electrons. The van der Waals surface area contributed by atoms with Crippen molar-refractivity contribution < 1.29 is 19.2 Å². The summed E-state index contributed by atoms with van der Waals surface area (Å²) in [5.41, 5.74) is 0.583. The first-order valence-corrected chi connectivity index (χ1v) is 9.04. The summed E-state index contributed by atoms with van der Waals surface area (Å²) >= 11 is 0. The molecule has 1 N–H and O–H groups in total. The number of nitro groups is 1. The highest BCUT2D eigenvalue weighted by Gasteiger charge is 2.24. The molecule has 0 bridgehead atoms. The van der Waals surface area contributed by atoms with Crippen molar-refractivity contribution in [2.24, 2.45) is 0 Å². The number of amides is 1. The standard InChI is InChI=1S/C18H23N3O5/c22-17(19-13-5-1-2-6-13)12-26-18(23)15-11-14(21(24)25)7-8-16(15)20-9-3-4-10-20/h7-8,11,13H,1-6,9-10,12H2,(H,19,22). The van der Waals surface area contributed by atoms with Crippen LogP contribution in [0.2, 0.25) is 0 Å². The van der Waals surface area contributed by atoms with Crippen LogP contribution in [-0.4, -0.2) is 42.5 Å². The molecule has 1 aliphatic carbocycles. The molecule has 0 unspecified atom stereocenters. The topological polar surface area (TPSA) is 102 Å².